The maximum Gasteiger partial charge on any atom is 0.352 e. The van der Waals surface area contributed by atoms with Crippen LogP contribution < -0.4 is 0 Å². The van der Waals surface area contributed by atoms with Crippen LogP contribution >= 0.6 is 0 Å². The van der Waals surface area contributed by atoms with Gasteiger partial charge in [-0.1, -0.05) is 12.1 Å². The number of hydrogen-bond donors (Lipinski definition) is 1. The molecule has 86 valence electrons. The van der Waals surface area contributed by atoms with Gasteiger partial charge in [-0.05, 0) is 19.1 Å². The molecule has 2 heterocycles. The number of carboxylic acid groups (broad SMARTS) is 1. The van der Waals surface area contributed by atoms with Crippen molar-refractivity contribution in [2.45, 2.75) is 13.5 Å². The Kier molecular flexibility index (Phi) is 1.98. The quantitative estimate of drug-likeness (QED) is 0.734. The number of aromatic carboxylic acids is 1. The number of nitrogens with zero attached hydrogens (tertiary/aromatic N) is 1. The molecular weight excluding hydrogens is 218 g/mol. The average Bonchev–Trinajstić information content (AvgIpc) is 2.83. The van der Waals surface area contributed by atoms with Crippen LogP contribution in [0, 0.1) is 0 Å². The molecule has 0 radical (unpaired) electrons. The summed E-state index contributed by atoms with van der Waals surface area (Å²) in [6.45, 7) is 2.53. The lowest BCUT2D eigenvalue weighted by molar-refractivity contribution is 0.0686. The monoisotopic (exact) mass is 229 g/mol. The molecule has 0 aliphatic carbocycles. The zero-order valence-electron chi connectivity index (χ0n) is 9.30. The van der Waals surface area contributed by atoms with Crippen molar-refractivity contribution in [1.82, 2.24) is 4.57 Å². The summed E-state index contributed by atoms with van der Waals surface area (Å²) in [5, 5.41) is 10.1. The molecule has 0 atom stereocenters. The van der Waals surface area contributed by atoms with E-state index in [4.69, 9.17) is 9.52 Å². The van der Waals surface area contributed by atoms with Crippen LogP contribution in [0.2, 0.25) is 0 Å². The van der Waals surface area contributed by atoms with E-state index in [1.54, 1.807) is 10.6 Å². The summed E-state index contributed by atoms with van der Waals surface area (Å²) >= 11 is 0. The van der Waals surface area contributed by atoms with E-state index >= 15 is 0 Å². The molecule has 4 nitrogen and oxygen atoms in total. The minimum atomic E-state index is -0.928. The zero-order valence-corrected chi connectivity index (χ0v) is 9.30. The Bertz CT molecular complexity index is 721. The van der Waals surface area contributed by atoms with E-state index in [1.807, 2.05) is 31.2 Å². The molecule has 0 saturated heterocycles. The highest BCUT2D eigenvalue weighted by Crippen LogP contribution is 2.31. The van der Waals surface area contributed by atoms with Crippen LogP contribution in [-0.2, 0) is 6.54 Å². The summed E-state index contributed by atoms with van der Waals surface area (Å²) in [5.74, 6) is -0.928. The Morgan fingerprint density at radius 2 is 2.12 bits per heavy atom. The first-order valence-corrected chi connectivity index (χ1v) is 5.46. The molecule has 3 aromatic rings. The Morgan fingerprint density at radius 3 is 2.82 bits per heavy atom. The van der Waals surface area contributed by atoms with Gasteiger partial charge in [0.1, 0.15) is 11.3 Å². The lowest BCUT2D eigenvalue weighted by Gasteiger charge is -2.02. The number of carboxylic acids is 1. The van der Waals surface area contributed by atoms with Crippen LogP contribution in [0.4, 0.5) is 0 Å². The summed E-state index contributed by atoms with van der Waals surface area (Å²) in [5.41, 5.74) is 2.55. The van der Waals surface area contributed by atoms with E-state index < -0.39 is 5.97 Å². The Labute approximate surface area is 97.1 Å². The van der Waals surface area contributed by atoms with Crippen molar-refractivity contribution in [1.29, 1.82) is 0 Å². The predicted octanol–water partition coefficient (Wildman–Crippen LogP) is 3.11. The fourth-order valence-electron chi connectivity index (χ4n) is 2.26. The number of aryl methyl sites for hydroxylation is 1. The number of hydrogen-bond acceptors (Lipinski definition) is 2. The molecule has 0 amide bonds. The van der Waals surface area contributed by atoms with Crippen molar-refractivity contribution in [3.63, 3.8) is 0 Å². The first kappa shape index (κ1) is 9.96. The minimum absolute atomic E-state index is 0.270. The van der Waals surface area contributed by atoms with E-state index in [1.165, 1.54) is 0 Å². The molecule has 0 bridgehead atoms. The highest BCUT2D eigenvalue weighted by Gasteiger charge is 2.18. The molecule has 1 N–H and O–H groups in total. The highest BCUT2D eigenvalue weighted by molar-refractivity contribution is 6.06. The molecule has 0 saturated carbocycles. The lowest BCUT2D eigenvalue weighted by atomic mass is 10.2. The second kappa shape index (κ2) is 3.38. The van der Waals surface area contributed by atoms with E-state index in [0.29, 0.717) is 12.1 Å². The maximum atomic E-state index is 11.1. The second-order valence-corrected chi connectivity index (χ2v) is 3.89. The van der Waals surface area contributed by atoms with Crippen LogP contribution in [0.15, 0.2) is 34.7 Å². The number of aromatic nitrogens is 1. The molecule has 4 heteroatoms. The van der Waals surface area contributed by atoms with Crippen molar-refractivity contribution in [3.05, 3.63) is 36.0 Å². The van der Waals surface area contributed by atoms with Crippen molar-refractivity contribution in [2.75, 3.05) is 0 Å². The minimum Gasteiger partial charge on any atom is -0.477 e. The van der Waals surface area contributed by atoms with Gasteiger partial charge in [0, 0.05) is 18.0 Å². The van der Waals surface area contributed by atoms with Gasteiger partial charge in [0.15, 0.2) is 5.58 Å². The second-order valence-electron chi connectivity index (χ2n) is 3.89. The largest absolute Gasteiger partial charge is 0.477 e. The number of para-hydroxylation sites is 1. The normalized spacial score (nSPS) is 11.4. The fraction of sp³-hybridized carbons (Fsp3) is 0.154. The van der Waals surface area contributed by atoms with E-state index in [2.05, 4.69) is 0 Å². The third-order valence-corrected chi connectivity index (χ3v) is 2.96. The smallest absolute Gasteiger partial charge is 0.352 e. The Hall–Kier alpha value is -2.23. The Morgan fingerprint density at radius 1 is 1.35 bits per heavy atom. The van der Waals surface area contributed by atoms with Gasteiger partial charge in [-0.2, -0.15) is 0 Å². The summed E-state index contributed by atoms with van der Waals surface area (Å²) in [6.07, 6.45) is 0. The zero-order chi connectivity index (χ0) is 12.0. The third kappa shape index (κ3) is 1.27. The van der Waals surface area contributed by atoms with Crippen molar-refractivity contribution in [3.8, 4) is 0 Å². The average molecular weight is 229 g/mol. The molecule has 3 rings (SSSR count). The van der Waals surface area contributed by atoms with Gasteiger partial charge >= 0.3 is 5.97 Å². The van der Waals surface area contributed by atoms with E-state index in [0.717, 1.165) is 16.5 Å². The van der Waals surface area contributed by atoms with Crippen molar-refractivity contribution < 1.29 is 14.3 Å². The first-order valence-electron chi connectivity index (χ1n) is 5.46. The SMILES string of the molecule is CCn1c(C(=O)O)cc2oc3ccccc3c21. The van der Waals surface area contributed by atoms with Gasteiger partial charge in [-0.3, -0.25) is 0 Å². The van der Waals surface area contributed by atoms with Crippen LogP contribution in [0.25, 0.3) is 22.1 Å². The summed E-state index contributed by atoms with van der Waals surface area (Å²) in [4.78, 5) is 11.1. The van der Waals surface area contributed by atoms with Gasteiger partial charge in [-0.25, -0.2) is 4.79 Å². The van der Waals surface area contributed by atoms with E-state index in [9.17, 15) is 4.79 Å². The van der Waals surface area contributed by atoms with Crippen molar-refractivity contribution in [2.24, 2.45) is 0 Å². The van der Waals surface area contributed by atoms with Gasteiger partial charge in [-0.15, -0.1) is 0 Å². The predicted molar refractivity (Wildman–Crippen MR) is 64.3 cm³/mol. The van der Waals surface area contributed by atoms with Gasteiger partial charge < -0.3 is 14.1 Å². The van der Waals surface area contributed by atoms with Crippen LogP contribution in [0.1, 0.15) is 17.4 Å². The number of fused-ring (bicyclic) bond motifs is 3. The molecule has 2 aromatic heterocycles. The highest BCUT2D eigenvalue weighted by atomic mass is 16.4. The van der Waals surface area contributed by atoms with Crippen LogP contribution in [-0.4, -0.2) is 15.6 Å². The number of rotatable bonds is 2. The van der Waals surface area contributed by atoms with E-state index in [-0.39, 0.29) is 5.69 Å². The summed E-state index contributed by atoms with van der Waals surface area (Å²) < 4.78 is 7.41. The number of benzene rings is 1. The molecule has 1 aromatic carbocycles. The number of furan rings is 1. The molecular formula is C13H11NO3. The molecule has 0 aliphatic heterocycles. The molecule has 0 fully saturated rings. The first-order chi connectivity index (χ1) is 8.22. The van der Waals surface area contributed by atoms with Crippen molar-refractivity contribution >= 4 is 28.0 Å². The molecule has 0 spiro atoms. The standard InChI is InChI=1S/C13H11NO3/c1-2-14-9(13(15)16)7-11-12(14)8-5-3-4-6-10(8)17-11/h3-7H,2H2,1H3,(H,15,16). The topological polar surface area (TPSA) is 55.4 Å². The molecule has 0 unspecified atom stereocenters. The van der Waals surface area contributed by atoms with Gasteiger partial charge in [0.2, 0.25) is 0 Å². The fourth-order valence-corrected chi connectivity index (χ4v) is 2.26. The van der Waals surface area contributed by atoms with Gasteiger partial charge in [0.25, 0.3) is 0 Å². The number of carbonyl (C=O) groups is 1. The molecule has 17 heavy (non-hydrogen) atoms. The Balaban J connectivity index is 2.48. The summed E-state index contributed by atoms with van der Waals surface area (Å²) in [7, 11) is 0. The van der Waals surface area contributed by atoms with Crippen LogP contribution in [0.5, 0.6) is 0 Å². The molecule has 0 aliphatic rings. The van der Waals surface area contributed by atoms with Crippen LogP contribution in [0.3, 0.4) is 0 Å². The maximum absolute atomic E-state index is 11.1. The third-order valence-electron chi connectivity index (χ3n) is 2.96. The lowest BCUT2D eigenvalue weighted by Crippen LogP contribution is -2.06. The summed E-state index contributed by atoms with van der Waals surface area (Å²) in [6, 6.07) is 9.24. The van der Waals surface area contributed by atoms with Gasteiger partial charge in [0.05, 0.1) is 5.52 Å².